The minimum atomic E-state index is -0.166. The number of benzene rings is 3. The molecular weight excluding hydrogens is 390 g/mol. The molecule has 1 amide bonds. The summed E-state index contributed by atoms with van der Waals surface area (Å²) in [6.07, 6.45) is 0. The number of carbonyl (C=O) groups excluding carboxylic acids is 1. The molecule has 3 rings (SSSR count). The maximum atomic E-state index is 12.2. The van der Waals surface area contributed by atoms with Crippen molar-refractivity contribution < 1.29 is 19.0 Å². The Balaban J connectivity index is 1.42. The summed E-state index contributed by atoms with van der Waals surface area (Å²) in [6.45, 7) is 1.14. The highest BCUT2D eigenvalue weighted by atomic mass is 35.5. The minimum absolute atomic E-state index is 0.166. The molecule has 1 N–H and O–H groups in total. The first kappa shape index (κ1) is 20.6. The smallest absolute Gasteiger partial charge is 0.251 e. The second-order valence-electron chi connectivity index (χ2n) is 6.18. The van der Waals surface area contributed by atoms with Gasteiger partial charge in [-0.05, 0) is 54.6 Å². The van der Waals surface area contributed by atoms with Gasteiger partial charge in [0.25, 0.3) is 5.91 Å². The molecule has 5 nitrogen and oxygen atoms in total. The summed E-state index contributed by atoms with van der Waals surface area (Å²) in [5.74, 6) is 2.00. The molecule has 0 aromatic heterocycles. The lowest BCUT2D eigenvalue weighted by atomic mass is 10.2. The molecule has 0 radical (unpaired) electrons. The Hall–Kier alpha value is -3.18. The second-order valence-corrected chi connectivity index (χ2v) is 6.59. The Bertz CT molecular complexity index is 926. The van der Waals surface area contributed by atoms with Crippen LogP contribution < -0.4 is 19.5 Å². The number of carbonyl (C=O) groups is 1. The van der Waals surface area contributed by atoms with Gasteiger partial charge in [-0.1, -0.05) is 29.8 Å². The maximum Gasteiger partial charge on any atom is 0.251 e. The van der Waals surface area contributed by atoms with E-state index in [0.29, 0.717) is 36.1 Å². The Kier molecular flexibility index (Phi) is 7.36. The largest absolute Gasteiger partial charge is 0.497 e. The van der Waals surface area contributed by atoms with Gasteiger partial charge in [0.2, 0.25) is 0 Å². The van der Waals surface area contributed by atoms with Crippen LogP contribution in [0, 0.1) is 0 Å². The van der Waals surface area contributed by atoms with Gasteiger partial charge in [-0.3, -0.25) is 4.79 Å². The second kappa shape index (κ2) is 10.4. The summed E-state index contributed by atoms with van der Waals surface area (Å²) in [5, 5.41) is 3.50. The van der Waals surface area contributed by atoms with Crippen LogP contribution in [0.4, 0.5) is 0 Å². The summed E-state index contributed by atoms with van der Waals surface area (Å²) in [5.41, 5.74) is 1.47. The zero-order valence-electron chi connectivity index (χ0n) is 16.1. The van der Waals surface area contributed by atoms with E-state index in [1.165, 1.54) is 0 Å². The molecule has 3 aromatic rings. The first-order chi connectivity index (χ1) is 14.2. The topological polar surface area (TPSA) is 56.8 Å². The van der Waals surface area contributed by atoms with Crippen molar-refractivity contribution in [3.63, 3.8) is 0 Å². The molecular formula is C23H22ClNO4. The van der Waals surface area contributed by atoms with Crippen LogP contribution in [0.15, 0.2) is 72.8 Å². The van der Waals surface area contributed by atoms with Gasteiger partial charge < -0.3 is 19.5 Å². The monoisotopic (exact) mass is 411 g/mol. The van der Waals surface area contributed by atoms with Gasteiger partial charge in [0.15, 0.2) is 0 Å². The molecule has 0 aliphatic carbocycles. The summed E-state index contributed by atoms with van der Waals surface area (Å²) >= 11 is 6.12. The Labute approximate surface area is 175 Å². The zero-order valence-corrected chi connectivity index (χ0v) is 16.8. The Morgan fingerprint density at radius 2 is 1.48 bits per heavy atom. The van der Waals surface area contributed by atoms with Gasteiger partial charge >= 0.3 is 0 Å². The van der Waals surface area contributed by atoms with Gasteiger partial charge in [0, 0.05) is 16.1 Å². The van der Waals surface area contributed by atoms with Crippen molar-refractivity contribution in [2.45, 2.75) is 6.61 Å². The molecule has 0 spiro atoms. The fourth-order valence-corrected chi connectivity index (χ4v) is 2.78. The molecule has 0 atom stereocenters. The third-order valence-corrected chi connectivity index (χ3v) is 4.55. The van der Waals surface area contributed by atoms with Crippen molar-refractivity contribution in [3.8, 4) is 17.2 Å². The van der Waals surface area contributed by atoms with Gasteiger partial charge in [0.05, 0.1) is 13.7 Å². The van der Waals surface area contributed by atoms with Crippen LogP contribution in [0.25, 0.3) is 0 Å². The number of amides is 1. The molecule has 0 heterocycles. The number of hydrogen-bond acceptors (Lipinski definition) is 4. The van der Waals surface area contributed by atoms with E-state index in [0.717, 1.165) is 17.1 Å². The van der Waals surface area contributed by atoms with Gasteiger partial charge in [-0.25, -0.2) is 0 Å². The van der Waals surface area contributed by atoms with Crippen LogP contribution in [-0.2, 0) is 6.61 Å². The van der Waals surface area contributed by atoms with Crippen molar-refractivity contribution in [1.29, 1.82) is 0 Å². The van der Waals surface area contributed by atoms with Crippen molar-refractivity contribution in [2.24, 2.45) is 0 Å². The van der Waals surface area contributed by atoms with Crippen molar-refractivity contribution in [2.75, 3.05) is 20.3 Å². The quantitative estimate of drug-likeness (QED) is 0.517. The standard InChI is InChI=1S/C23H22ClNO4/c1-27-19-10-12-20(13-11-19)28-15-14-25-23(26)17-6-8-21(9-7-17)29-16-18-4-2-3-5-22(18)24/h2-13H,14-16H2,1H3,(H,25,26). The number of hydrogen-bond donors (Lipinski definition) is 1. The lowest BCUT2D eigenvalue weighted by molar-refractivity contribution is 0.0947. The highest BCUT2D eigenvalue weighted by molar-refractivity contribution is 6.31. The molecule has 0 bridgehead atoms. The van der Waals surface area contributed by atoms with Crippen LogP contribution in [0.2, 0.25) is 5.02 Å². The third kappa shape index (κ3) is 6.16. The predicted octanol–water partition coefficient (Wildman–Crippen LogP) is 4.74. The lowest BCUT2D eigenvalue weighted by Crippen LogP contribution is -2.28. The summed E-state index contributed by atoms with van der Waals surface area (Å²) in [6, 6.07) is 21.8. The maximum absolute atomic E-state index is 12.2. The van der Waals surface area contributed by atoms with E-state index in [4.69, 9.17) is 25.8 Å². The minimum Gasteiger partial charge on any atom is -0.497 e. The Morgan fingerprint density at radius 1 is 0.862 bits per heavy atom. The third-order valence-electron chi connectivity index (χ3n) is 4.18. The van der Waals surface area contributed by atoms with E-state index in [2.05, 4.69) is 5.32 Å². The van der Waals surface area contributed by atoms with Crippen LogP contribution in [-0.4, -0.2) is 26.2 Å². The number of nitrogens with one attached hydrogen (secondary N) is 1. The van der Waals surface area contributed by atoms with E-state index in [1.807, 2.05) is 48.5 Å². The fourth-order valence-electron chi connectivity index (χ4n) is 2.59. The van der Waals surface area contributed by atoms with E-state index >= 15 is 0 Å². The lowest BCUT2D eigenvalue weighted by Gasteiger charge is -2.10. The van der Waals surface area contributed by atoms with Gasteiger partial charge in [0.1, 0.15) is 30.5 Å². The number of rotatable bonds is 9. The van der Waals surface area contributed by atoms with Gasteiger partial charge in [-0.15, -0.1) is 0 Å². The van der Waals surface area contributed by atoms with Crippen LogP contribution >= 0.6 is 11.6 Å². The van der Waals surface area contributed by atoms with Crippen LogP contribution in [0.5, 0.6) is 17.2 Å². The molecule has 0 fully saturated rings. The van der Waals surface area contributed by atoms with E-state index in [1.54, 1.807) is 31.4 Å². The molecule has 150 valence electrons. The molecule has 0 unspecified atom stereocenters. The highest BCUT2D eigenvalue weighted by Crippen LogP contribution is 2.19. The first-order valence-corrected chi connectivity index (χ1v) is 9.55. The van der Waals surface area contributed by atoms with E-state index in [-0.39, 0.29) is 5.91 Å². The molecule has 3 aromatic carbocycles. The zero-order chi connectivity index (χ0) is 20.5. The van der Waals surface area contributed by atoms with E-state index in [9.17, 15) is 4.79 Å². The SMILES string of the molecule is COc1ccc(OCCNC(=O)c2ccc(OCc3ccccc3Cl)cc2)cc1. The van der Waals surface area contributed by atoms with Crippen LogP contribution in [0.1, 0.15) is 15.9 Å². The molecule has 6 heteroatoms. The summed E-state index contributed by atoms with van der Waals surface area (Å²) < 4.78 is 16.4. The summed E-state index contributed by atoms with van der Waals surface area (Å²) in [4.78, 5) is 12.2. The highest BCUT2D eigenvalue weighted by Gasteiger charge is 2.06. The predicted molar refractivity (Wildman–Crippen MR) is 113 cm³/mol. The van der Waals surface area contributed by atoms with E-state index < -0.39 is 0 Å². The average molecular weight is 412 g/mol. The molecule has 0 saturated heterocycles. The average Bonchev–Trinajstić information content (AvgIpc) is 2.77. The van der Waals surface area contributed by atoms with Crippen molar-refractivity contribution >= 4 is 17.5 Å². The molecule has 0 aliphatic rings. The molecule has 0 aliphatic heterocycles. The molecule has 29 heavy (non-hydrogen) atoms. The molecule has 0 saturated carbocycles. The van der Waals surface area contributed by atoms with Gasteiger partial charge in [-0.2, -0.15) is 0 Å². The first-order valence-electron chi connectivity index (χ1n) is 9.17. The number of halogens is 1. The van der Waals surface area contributed by atoms with Crippen molar-refractivity contribution in [1.82, 2.24) is 5.32 Å². The van der Waals surface area contributed by atoms with Crippen molar-refractivity contribution in [3.05, 3.63) is 88.9 Å². The number of ether oxygens (including phenoxy) is 3. The fraction of sp³-hybridized carbons (Fsp3) is 0.174. The summed E-state index contributed by atoms with van der Waals surface area (Å²) in [7, 11) is 1.61. The van der Waals surface area contributed by atoms with Crippen LogP contribution in [0.3, 0.4) is 0 Å². The number of methoxy groups -OCH3 is 1. The normalized spacial score (nSPS) is 10.3. The Morgan fingerprint density at radius 3 is 2.17 bits per heavy atom.